The second kappa shape index (κ2) is 41.6. The number of hydrogen-bond donors (Lipinski definition) is 13. The van der Waals surface area contributed by atoms with Crippen LogP contribution in [0.1, 0.15) is 135 Å². The predicted molar refractivity (Wildman–Crippen MR) is 265 cm³/mol. The van der Waals surface area contributed by atoms with Crippen molar-refractivity contribution in [2.75, 3.05) is 66.3 Å². The third-order valence-electron chi connectivity index (χ3n) is 11.4. The first-order valence-corrected chi connectivity index (χ1v) is 25.5. The Bertz CT molecular complexity index is 1760. The second-order valence-electron chi connectivity index (χ2n) is 17.4. The summed E-state index contributed by atoms with van der Waals surface area (Å²) < 4.78 is 10.7. The van der Waals surface area contributed by atoms with Gasteiger partial charge in [0.2, 0.25) is 53.2 Å². The molecule has 0 unspecified atom stereocenters. The van der Waals surface area contributed by atoms with Gasteiger partial charge in [0.05, 0.1) is 39.6 Å². The number of aromatic amines is 1. The van der Waals surface area contributed by atoms with Gasteiger partial charge in [-0.3, -0.25) is 43.2 Å². The number of carbonyl (C=O) groups excluding carboxylic acids is 9. The first-order valence-electron chi connectivity index (χ1n) is 25.5. The van der Waals surface area contributed by atoms with E-state index in [2.05, 4.69) is 63.2 Å². The molecule has 416 valence electrons. The summed E-state index contributed by atoms with van der Waals surface area (Å²) in [5.74, 6) is -6.15. The van der Waals surface area contributed by atoms with Crippen LogP contribution in [0.15, 0.2) is 0 Å². The van der Waals surface area contributed by atoms with Gasteiger partial charge in [-0.15, -0.1) is 10.2 Å². The highest BCUT2D eigenvalue weighted by molar-refractivity contribution is 5.97. The van der Waals surface area contributed by atoms with Crippen LogP contribution in [0.5, 0.6) is 0 Å². The van der Waals surface area contributed by atoms with E-state index in [1.165, 1.54) is 64.8 Å². The SMILES string of the molecule is CCCC[C@H](NC(=O)[C@H](CO)NC(=O)[C@H](CN)NC(=O)[C@H](CCC(N)=O)NC(=O)[C@H](CO)NC(=O)CNC(=O)COCCOCCNC(=O)CCCCCCCCCCCCCCCc1nn[nH]n1)C(=O)NC. The monoisotopic (exact) mass is 1040 g/mol. The Hall–Kier alpha value is -5.90. The van der Waals surface area contributed by atoms with Crippen molar-refractivity contribution in [1.82, 2.24) is 63.2 Å². The zero-order chi connectivity index (χ0) is 54.1. The summed E-state index contributed by atoms with van der Waals surface area (Å²) >= 11 is 0. The zero-order valence-electron chi connectivity index (χ0n) is 42.8. The van der Waals surface area contributed by atoms with Gasteiger partial charge in [0, 0.05) is 39.4 Å². The van der Waals surface area contributed by atoms with Crippen molar-refractivity contribution >= 4 is 53.2 Å². The highest BCUT2D eigenvalue weighted by Gasteiger charge is 2.32. The maximum Gasteiger partial charge on any atom is 0.246 e. The Balaban J connectivity index is 2.31. The highest BCUT2D eigenvalue weighted by atomic mass is 16.5. The van der Waals surface area contributed by atoms with E-state index in [0.29, 0.717) is 25.8 Å². The number of hydrogen-bond acceptors (Lipinski definition) is 17. The fourth-order valence-corrected chi connectivity index (χ4v) is 7.13. The molecule has 0 spiro atoms. The number of nitrogens with one attached hydrogen (secondary N) is 9. The van der Waals surface area contributed by atoms with Crippen molar-refractivity contribution in [2.24, 2.45) is 11.5 Å². The van der Waals surface area contributed by atoms with Gasteiger partial charge in [-0.2, -0.15) is 5.21 Å². The molecular weight excluding hydrogens is 957 g/mol. The van der Waals surface area contributed by atoms with E-state index in [-0.39, 0.29) is 32.1 Å². The largest absolute Gasteiger partial charge is 0.394 e. The molecule has 27 nitrogen and oxygen atoms in total. The van der Waals surface area contributed by atoms with Gasteiger partial charge in [0.25, 0.3) is 0 Å². The smallest absolute Gasteiger partial charge is 0.246 e. The Morgan fingerprint density at radius 1 is 0.575 bits per heavy atom. The lowest BCUT2D eigenvalue weighted by Crippen LogP contribution is -2.61. The van der Waals surface area contributed by atoms with Crippen molar-refractivity contribution in [3.05, 3.63) is 5.82 Å². The first kappa shape index (κ1) is 65.1. The molecule has 73 heavy (non-hydrogen) atoms. The molecule has 1 aromatic rings. The number of amides is 9. The van der Waals surface area contributed by atoms with Crippen LogP contribution in [0.3, 0.4) is 0 Å². The molecule has 0 radical (unpaired) electrons. The van der Waals surface area contributed by atoms with Crippen molar-refractivity contribution in [3.63, 3.8) is 0 Å². The predicted octanol–water partition coefficient (Wildman–Crippen LogP) is -2.96. The van der Waals surface area contributed by atoms with Crippen molar-refractivity contribution in [2.45, 2.75) is 166 Å². The topological polar surface area (TPSA) is 415 Å². The van der Waals surface area contributed by atoms with Gasteiger partial charge in [0.15, 0.2) is 5.82 Å². The summed E-state index contributed by atoms with van der Waals surface area (Å²) in [6.07, 6.45) is 17.4. The number of rotatable bonds is 45. The Morgan fingerprint density at radius 2 is 1.10 bits per heavy atom. The average molecular weight is 1040 g/mol. The number of H-pyrrole nitrogens is 1. The highest BCUT2D eigenvalue weighted by Crippen LogP contribution is 2.14. The van der Waals surface area contributed by atoms with E-state index in [0.717, 1.165) is 44.3 Å². The number of primary amides is 1. The maximum atomic E-state index is 13.3. The van der Waals surface area contributed by atoms with Crippen LogP contribution in [0.25, 0.3) is 0 Å². The molecule has 0 fully saturated rings. The number of aliphatic hydroxyl groups is 2. The minimum Gasteiger partial charge on any atom is -0.394 e. The lowest BCUT2D eigenvalue weighted by Gasteiger charge is -2.26. The summed E-state index contributed by atoms with van der Waals surface area (Å²) in [5.41, 5.74) is 11.0. The third kappa shape index (κ3) is 32.0. The lowest BCUT2D eigenvalue weighted by molar-refractivity contribution is -0.136. The van der Waals surface area contributed by atoms with Gasteiger partial charge in [-0.1, -0.05) is 95.6 Å². The molecule has 0 bridgehead atoms. The van der Waals surface area contributed by atoms with E-state index in [9.17, 15) is 53.4 Å². The average Bonchev–Trinajstić information content (AvgIpc) is 3.90. The molecule has 1 aromatic heterocycles. The Labute approximate surface area is 427 Å². The number of ether oxygens (including phenoxy) is 2. The van der Waals surface area contributed by atoms with E-state index in [4.69, 9.17) is 20.9 Å². The van der Waals surface area contributed by atoms with Crippen molar-refractivity contribution in [1.29, 1.82) is 0 Å². The number of aliphatic hydroxyl groups excluding tert-OH is 2. The molecular formula is C46H84N14O13. The Morgan fingerprint density at radius 3 is 1.64 bits per heavy atom. The van der Waals surface area contributed by atoms with E-state index in [1.807, 2.05) is 6.92 Å². The fraction of sp³-hybridized carbons (Fsp3) is 0.783. The number of nitrogens with zero attached hydrogens (tertiary/aromatic N) is 3. The van der Waals surface area contributed by atoms with Crippen LogP contribution in [0.2, 0.25) is 0 Å². The first-order chi connectivity index (χ1) is 35.2. The summed E-state index contributed by atoms with van der Waals surface area (Å²) in [6, 6.07) is -7.21. The molecule has 0 saturated heterocycles. The summed E-state index contributed by atoms with van der Waals surface area (Å²) in [7, 11) is 1.39. The maximum absolute atomic E-state index is 13.3. The number of unbranched alkanes of at least 4 members (excludes halogenated alkanes) is 13. The van der Waals surface area contributed by atoms with E-state index < -0.39 is 117 Å². The third-order valence-corrected chi connectivity index (χ3v) is 11.4. The molecule has 0 aliphatic heterocycles. The lowest BCUT2D eigenvalue weighted by atomic mass is 10.0. The molecule has 5 atom stereocenters. The number of likely N-dealkylation sites (N-methyl/N-ethyl adjacent to an activating group) is 1. The van der Waals surface area contributed by atoms with Gasteiger partial charge in [-0.05, 0) is 25.7 Å². The molecule has 27 heteroatoms. The number of tetrazole rings is 1. The van der Waals surface area contributed by atoms with Gasteiger partial charge < -0.3 is 73.7 Å². The quantitative estimate of drug-likeness (QED) is 0.0290. The molecule has 1 rings (SSSR count). The fourth-order valence-electron chi connectivity index (χ4n) is 7.13. The van der Waals surface area contributed by atoms with Crippen LogP contribution in [-0.2, 0) is 59.0 Å². The van der Waals surface area contributed by atoms with E-state index >= 15 is 0 Å². The number of aryl methyl sites for hydroxylation is 1. The zero-order valence-corrected chi connectivity index (χ0v) is 42.8. The van der Waals surface area contributed by atoms with Gasteiger partial charge in [0.1, 0.15) is 36.8 Å². The molecule has 0 aliphatic rings. The number of nitrogens with two attached hydrogens (primary N) is 2. The molecule has 9 amide bonds. The molecule has 1 heterocycles. The summed E-state index contributed by atoms with van der Waals surface area (Å²) in [5, 5.41) is 52.8. The molecule has 0 aromatic carbocycles. The van der Waals surface area contributed by atoms with Gasteiger partial charge >= 0.3 is 0 Å². The van der Waals surface area contributed by atoms with Crippen LogP contribution in [0.4, 0.5) is 0 Å². The van der Waals surface area contributed by atoms with E-state index in [1.54, 1.807) is 0 Å². The van der Waals surface area contributed by atoms with Crippen molar-refractivity contribution in [3.8, 4) is 0 Å². The Kier molecular flexibility index (Phi) is 37.1. The standard InChI is InChI=1S/C46H84N14O13/c1-3-4-18-32(42(67)49-2)53-46(71)36(30-62)56-44(69)34(27-47)55-43(68)33(21-22-37(48)63)54-45(70)35(29-61)52-40(65)28-51-41(66)31-73-26-25-72-24-23-50-39(64)20-17-15-13-11-9-7-5-6-8-10-12-14-16-19-38-57-59-60-58-38/h32-36,61-62H,3-31,47H2,1-2H3,(H2,48,63)(H,49,67)(H,50,64)(H,51,66)(H,52,65)(H,53,71)(H,54,70)(H,55,68)(H,56,69)(H,57,58,59,60)/t32-,33-,34-,35-,36-/m0/s1. The van der Waals surface area contributed by atoms with Crippen LogP contribution in [0, 0.1) is 0 Å². The summed E-state index contributed by atoms with van der Waals surface area (Å²) in [4.78, 5) is 113. The number of carbonyl (C=O) groups is 9. The van der Waals surface area contributed by atoms with Crippen LogP contribution < -0.4 is 54.0 Å². The molecule has 0 saturated carbocycles. The summed E-state index contributed by atoms with van der Waals surface area (Å²) in [6.45, 7) is -0.737. The molecule has 15 N–H and O–H groups in total. The van der Waals surface area contributed by atoms with Crippen LogP contribution >= 0.6 is 0 Å². The van der Waals surface area contributed by atoms with Crippen LogP contribution in [-0.4, -0.2) is 181 Å². The second-order valence-corrected chi connectivity index (χ2v) is 17.4. The van der Waals surface area contributed by atoms with Gasteiger partial charge in [-0.25, -0.2) is 0 Å². The minimum absolute atomic E-state index is 0.0363. The minimum atomic E-state index is -1.64. The normalized spacial score (nSPS) is 13.1. The number of aromatic nitrogens is 4. The molecule has 0 aliphatic carbocycles. The van der Waals surface area contributed by atoms with Crippen molar-refractivity contribution < 1.29 is 62.8 Å².